The van der Waals surface area contributed by atoms with Gasteiger partial charge in [-0.25, -0.2) is 0 Å². The van der Waals surface area contributed by atoms with Crippen LogP contribution >= 0.6 is 0 Å². The van der Waals surface area contributed by atoms with Crippen molar-refractivity contribution in [1.82, 2.24) is 10.6 Å². The first-order valence-corrected chi connectivity index (χ1v) is 16.7. The number of esters is 1. The molecule has 11 nitrogen and oxygen atoms in total. The number of piperidine rings is 1. The van der Waals surface area contributed by atoms with E-state index < -0.39 is 35.7 Å². The number of aliphatic hydroxyl groups is 3. The Kier molecular flexibility index (Phi) is 11.2. The maximum Gasteiger partial charge on any atom is 0.302 e. The number of fused-ring (bicyclic) bond motifs is 5. The lowest BCUT2D eigenvalue weighted by Crippen LogP contribution is -2.55. The number of rotatable bonds is 3. The second-order valence-corrected chi connectivity index (χ2v) is 13.4. The number of carbonyl (C=O) groups is 1. The normalized spacial score (nSPS) is 35.1. The number of nitrogens with two attached hydrogens (primary N) is 1. The number of ether oxygens (including phenoxy) is 2. The summed E-state index contributed by atoms with van der Waals surface area (Å²) in [5.74, 6) is 6.62. The van der Waals surface area contributed by atoms with Crippen molar-refractivity contribution in [3.8, 4) is 23.3 Å². The van der Waals surface area contributed by atoms with Crippen molar-refractivity contribution < 1.29 is 34.7 Å². The average molecular weight is 639 g/mol. The number of aliphatic hydroxyl groups excluding tert-OH is 3. The monoisotopic (exact) mass is 638 g/mol. The maximum atomic E-state index is 12.5. The van der Waals surface area contributed by atoms with Gasteiger partial charge >= 0.3 is 5.97 Å². The van der Waals surface area contributed by atoms with E-state index in [1.165, 1.54) is 6.92 Å². The second-order valence-electron chi connectivity index (χ2n) is 13.4. The first-order chi connectivity index (χ1) is 22.1. The highest BCUT2D eigenvalue weighted by Gasteiger charge is 2.46. The SMILES string of the molecule is CN=C(N)N[C@@H]1C=CC[C@@H](O)[C@]12C#C[C@@H]1CCC[C@H]3C[C@@H](CCN3)Oc3cc(c(CO)cc3O)C[C@@H]1[C@@H](OC(C)=O)C[C@@H](O)CC2. The van der Waals surface area contributed by atoms with Crippen molar-refractivity contribution in [2.45, 2.75) is 114 Å². The van der Waals surface area contributed by atoms with Gasteiger partial charge in [0.2, 0.25) is 0 Å². The van der Waals surface area contributed by atoms with Gasteiger partial charge < -0.3 is 46.3 Å². The molecule has 0 amide bonds. The summed E-state index contributed by atoms with van der Waals surface area (Å²) in [5, 5.41) is 51.0. The third-order valence-electron chi connectivity index (χ3n) is 10.3. The van der Waals surface area contributed by atoms with Crippen LogP contribution in [0.2, 0.25) is 0 Å². The Morgan fingerprint density at radius 2 is 2.07 bits per heavy atom. The lowest BCUT2D eigenvalue weighted by atomic mass is 9.66. The molecule has 0 unspecified atom stereocenters. The number of hydrogen-bond donors (Lipinski definition) is 7. The van der Waals surface area contributed by atoms with Gasteiger partial charge in [0.1, 0.15) is 12.2 Å². The summed E-state index contributed by atoms with van der Waals surface area (Å²) in [5.41, 5.74) is 6.48. The molecule has 9 atom stereocenters. The highest BCUT2D eigenvalue weighted by molar-refractivity contribution is 5.78. The molecule has 1 aromatic carbocycles. The van der Waals surface area contributed by atoms with E-state index in [0.717, 1.165) is 37.8 Å². The standard InChI is InChI=1S/C35H50N4O7/c1-21(41)45-30-19-26(42)10-13-35(32(39-34(36)37-2)7-4-8-33(35)44)12-9-22-5-3-6-25-18-27(11-14-38-25)46-31-17-23(15-28(22)30)24(20-40)16-29(31)43/h4,7,16-17,22,25-28,30,32-33,38,40,42-44H,3,5-6,8,10-11,13-15,18-20H2,1-2H3,(H3,36,37,39)/t22-,25-,26-,27+,28-,30-,32+,33+,35-/m0/s1. The lowest BCUT2D eigenvalue weighted by Gasteiger charge is -2.43. The van der Waals surface area contributed by atoms with Crippen molar-refractivity contribution in [2.24, 2.45) is 28.0 Å². The number of guanidine groups is 1. The second kappa shape index (κ2) is 15.1. The lowest BCUT2D eigenvalue weighted by molar-refractivity contribution is -0.152. The minimum atomic E-state index is -0.945. The molecular weight excluding hydrogens is 588 g/mol. The van der Waals surface area contributed by atoms with E-state index in [9.17, 15) is 25.2 Å². The minimum Gasteiger partial charge on any atom is -0.504 e. The molecule has 1 saturated heterocycles. The van der Waals surface area contributed by atoms with Gasteiger partial charge in [-0.3, -0.25) is 9.79 Å². The van der Waals surface area contributed by atoms with E-state index >= 15 is 0 Å². The molecule has 2 aliphatic heterocycles. The quantitative estimate of drug-likeness (QED) is 0.0852. The fourth-order valence-corrected chi connectivity index (χ4v) is 7.74. The van der Waals surface area contributed by atoms with Crippen molar-refractivity contribution in [3.05, 3.63) is 35.4 Å². The van der Waals surface area contributed by atoms with E-state index in [1.54, 1.807) is 19.2 Å². The van der Waals surface area contributed by atoms with Crippen LogP contribution in [0.4, 0.5) is 0 Å². The third-order valence-corrected chi connectivity index (χ3v) is 10.3. The zero-order valence-electron chi connectivity index (χ0n) is 27.0. The molecule has 0 saturated carbocycles. The molecule has 0 aromatic heterocycles. The van der Waals surface area contributed by atoms with Gasteiger partial charge in [-0.1, -0.05) is 30.4 Å². The summed E-state index contributed by atoms with van der Waals surface area (Å²) in [6.07, 6.45) is 7.29. The van der Waals surface area contributed by atoms with Crippen molar-refractivity contribution in [2.75, 3.05) is 13.6 Å². The third kappa shape index (κ3) is 7.80. The Morgan fingerprint density at radius 1 is 1.24 bits per heavy atom. The number of phenolic OH excluding ortho intramolecular Hbond substituents is 1. The minimum absolute atomic E-state index is 0.0262. The molecule has 4 bridgehead atoms. The Labute approximate surface area is 271 Å². The van der Waals surface area contributed by atoms with Crippen LogP contribution in [0.5, 0.6) is 11.5 Å². The van der Waals surface area contributed by atoms with Crippen LogP contribution in [0.15, 0.2) is 29.3 Å². The van der Waals surface area contributed by atoms with Crippen LogP contribution in [-0.4, -0.2) is 82.4 Å². The number of carbonyl (C=O) groups excluding carboxylic acids is 1. The van der Waals surface area contributed by atoms with Gasteiger partial charge in [-0.05, 0) is 81.2 Å². The van der Waals surface area contributed by atoms with Crippen LogP contribution in [0.3, 0.4) is 0 Å². The maximum absolute atomic E-state index is 12.5. The predicted octanol–water partition coefficient (Wildman–Crippen LogP) is 2.03. The molecule has 46 heavy (non-hydrogen) atoms. The molecule has 252 valence electrons. The summed E-state index contributed by atoms with van der Waals surface area (Å²) in [6.45, 7) is 1.89. The first-order valence-electron chi connectivity index (χ1n) is 16.7. The zero-order valence-corrected chi connectivity index (χ0v) is 27.0. The first kappa shape index (κ1) is 34.0. The zero-order chi connectivity index (χ0) is 32.8. The van der Waals surface area contributed by atoms with E-state index in [-0.39, 0.29) is 48.7 Å². The molecular formula is C35H50N4O7. The van der Waals surface area contributed by atoms with Crippen molar-refractivity contribution >= 4 is 11.9 Å². The topological polar surface area (TPSA) is 179 Å². The molecule has 1 aromatic rings. The van der Waals surface area contributed by atoms with E-state index in [0.29, 0.717) is 43.4 Å². The Morgan fingerprint density at radius 3 is 2.83 bits per heavy atom. The largest absolute Gasteiger partial charge is 0.504 e. The molecule has 11 heteroatoms. The number of nitrogens with zero attached hydrogens (tertiary/aromatic N) is 1. The highest BCUT2D eigenvalue weighted by Crippen LogP contribution is 2.42. The number of aromatic hydroxyl groups is 1. The van der Waals surface area contributed by atoms with Gasteiger partial charge in [-0.2, -0.15) is 0 Å². The fourth-order valence-electron chi connectivity index (χ4n) is 7.74. The van der Waals surface area contributed by atoms with E-state index in [1.807, 2.05) is 12.2 Å². The van der Waals surface area contributed by atoms with Gasteiger partial charge in [0.25, 0.3) is 0 Å². The number of phenols is 1. The number of nitrogens with one attached hydrogen (secondary N) is 2. The Balaban J connectivity index is 1.65. The van der Waals surface area contributed by atoms with Crippen LogP contribution in [0, 0.1) is 29.1 Å². The predicted molar refractivity (Wildman–Crippen MR) is 174 cm³/mol. The molecule has 2 heterocycles. The van der Waals surface area contributed by atoms with Gasteiger partial charge in [0, 0.05) is 38.3 Å². The van der Waals surface area contributed by atoms with E-state index in [4.69, 9.17) is 15.2 Å². The number of aliphatic imine (C=N–C) groups is 1. The summed E-state index contributed by atoms with van der Waals surface area (Å²) in [6, 6.07) is 3.15. The molecule has 5 rings (SSSR count). The van der Waals surface area contributed by atoms with Gasteiger partial charge in [0.05, 0.1) is 30.3 Å². The Hall–Kier alpha value is -3.30. The summed E-state index contributed by atoms with van der Waals surface area (Å²) in [7, 11) is 1.59. The Bertz CT molecular complexity index is 1360. The van der Waals surface area contributed by atoms with E-state index in [2.05, 4.69) is 27.5 Å². The molecule has 4 aliphatic rings. The fraction of sp³-hybridized carbons (Fsp3) is 0.657. The number of hydrogen-bond acceptors (Lipinski definition) is 9. The molecule has 8 N–H and O–H groups in total. The smallest absolute Gasteiger partial charge is 0.302 e. The summed E-state index contributed by atoms with van der Waals surface area (Å²) >= 11 is 0. The van der Waals surface area contributed by atoms with Gasteiger partial charge in [-0.15, -0.1) is 0 Å². The van der Waals surface area contributed by atoms with Crippen molar-refractivity contribution in [3.63, 3.8) is 0 Å². The highest BCUT2D eigenvalue weighted by atomic mass is 16.5. The molecule has 1 fully saturated rings. The van der Waals surface area contributed by atoms with Crippen LogP contribution in [0.25, 0.3) is 0 Å². The molecule has 2 aliphatic carbocycles. The summed E-state index contributed by atoms with van der Waals surface area (Å²) in [4.78, 5) is 16.6. The molecule has 1 spiro atoms. The van der Waals surface area contributed by atoms with Crippen molar-refractivity contribution in [1.29, 1.82) is 0 Å². The van der Waals surface area contributed by atoms with Crippen LogP contribution in [-0.2, 0) is 22.6 Å². The van der Waals surface area contributed by atoms with Crippen LogP contribution < -0.4 is 21.1 Å². The number of benzene rings is 1. The van der Waals surface area contributed by atoms with Crippen LogP contribution in [0.1, 0.15) is 75.8 Å². The molecule has 0 radical (unpaired) electrons. The van der Waals surface area contributed by atoms with Gasteiger partial charge in [0.15, 0.2) is 17.5 Å². The summed E-state index contributed by atoms with van der Waals surface area (Å²) < 4.78 is 12.3. The average Bonchev–Trinajstić information content (AvgIpc) is 3.03.